The Bertz CT molecular complexity index is 836. The molecule has 2 N–H and O–H groups in total. The fraction of sp³-hybridized carbons (Fsp3) is 0.111. The molecule has 3 rings (SSSR count). The van der Waals surface area contributed by atoms with Crippen molar-refractivity contribution in [3.05, 3.63) is 74.1 Å². The van der Waals surface area contributed by atoms with E-state index in [0.29, 0.717) is 11.4 Å². The number of benzene rings is 1. The van der Waals surface area contributed by atoms with Crippen LogP contribution in [0.15, 0.2) is 53.9 Å². The Morgan fingerprint density at radius 2 is 1.79 bits per heavy atom. The number of nitrogens with one attached hydrogen (secondary N) is 2. The van der Waals surface area contributed by atoms with Gasteiger partial charge in [0.05, 0.1) is 16.3 Å². The Balaban J connectivity index is 1.54. The molecule has 0 radical (unpaired) electrons. The number of anilines is 1. The smallest absolute Gasteiger partial charge is 0.319 e. The van der Waals surface area contributed by atoms with Crippen LogP contribution in [0.4, 0.5) is 10.5 Å². The summed E-state index contributed by atoms with van der Waals surface area (Å²) in [6, 6.07) is 14.7. The molecule has 1 aromatic carbocycles. The number of ketones is 1. The number of hydrogen-bond donors (Lipinski definition) is 2. The van der Waals surface area contributed by atoms with Crippen LogP contribution in [0, 0.1) is 6.92 Å². The molecule has 24 heavy (non-hydrogen) atoms. The molecule has 2 amide bonds. The van der Waals surface area contributed by atoms with Crippen LogP contribution in [-0.2, 0) is 6.54 Å². The molecule has 0 aliphatic heterocycles. The van der Waals surface area contributed by atoms with Gasteiger partial charge < -0.3 is 10.6 Å². The Morgan fingerprint density at radius 1 is 1.00 bits per heavy atom. The summed E-state index contributed by atoms with van der Waals surface area (Å²) >= 11 is 2.84. The van der Waals surface area contributed by atoms with E-state index in [1.807, 2.05) is 60.8 Å². The molecular formula is C18H16N2O2S2. The number of amides is 2. The van der Waals surface area contributed by atoms with E-state index >= 15 is 0 Å². The lowest BCUT2D eigenvalue weighted by Crippen LogP contribution is -2.27. The predicted octanol–water partition coefficient (Wildman–Crippen LogP) is 4.67. The van der Waals surface area contributed by atoms with E-state index in [1.165, 1.54) is 22.7 Å². The molecule has 0 aliphatic rings. The van der Waals surface area contributed by atoms with Crippen molar-refractivity contribution >= 4 is 40.2 Å². The third-order valence-electron chi connectivity index (χ3n) is 3.36. The summed E-state index contributed by atoms with van der Waals surface area (Å²) in [5.41, 5.74) is 1.89. The lowest BCUT2D eigenvalue weighted by Gasteiger charge is -2.06. The number of hydrogen-bond acceptors (Lipinski definition) is 4. The molecule has 0 saturated heterocycles. The molecule has 0 fully saturated rings. The second-order valence-electron chi connectivity index (χ2n) is 5.25. The van der Waals surface area contributed by atoms with Gasteiger partial charge in [-0.05, 0) is 42.6 Å². The van der Waals surface area contributed by atoms with Crippen molar-refractivity contribution in [2.24, 2.45) is 0 Å². The number of urea groups is 1. The van der Waals surface area contributed by atoms with Gasteiger partial charge in [0.2, 0.25) is 5.78 Å². The van der Waals surface area contributed by atoms with Gasteiger partial charge >= 0.3 is 6.03 Å². The molecule has 6 heteroatoms. The van der Waals surface area contributed by atoms with E-state index in [-0.39, 0.29) is 11.8 Å². The maximum absolute atomic E-state index is 12.2. The molecule has 0 unspecified atom stereocenters. The van der Waals surface area contributed by atoms with E-state index < -0.39 is 0 Å². The van der Waals surface area contributed by atoms with Gasteiger partial charge in [0.15, 0.2) is 0 Å². The van der Waals surface area contributed by atoms with Crippen LogP contribution in [0.2, 0.25) is 0 Å². The standard InChI is InChI=1S/C18H16N2O2S2/c1-12-4-6-13(7-5-12)20-18(22)19-11-14-8-9-16(24-14)17(21)15-3-2-10-23-15/h2-10H,11H2,1H3,(H2,19,20,22). The molecule has 3 aromatic rings. The van der Waals surface area contributed by atoms with Crippen LogP contribution < -0.4 is 10.6 Å². The fourth-order valence-corrected chi connectivity index (χ4v) is 3.75. The first-order valence-corrected chi connectivity index (χ1v) is 9.10. The number of thiophene rings is 2. The first-order valence-electron chi connectivity index (χ1n) is 7.40. The molecule has 2 aromatic heterocycles. The largest absolute Gasteiger partial charge is 0.333 e. The molecule has 2 heterocycles. The van der Waals surface area contributed by atoms with Crippen molar-refractivity contribution in [2.45, 2.75) is 13.5 Å². The molecular weight excluding hydrogens is 340 g/mol. The van der Waals surface area contributed by atoms with Crippen LogP contribution in [0.1, 0.15) is 25.0 Å². The molecule has 4 nitrogen and oxygen atoms in total. The predicted molar refractivity (Wildman–Crippen MR) is 99.1 cm³/mol. The van der Waals surface area contributed by atoms with Gasteiger partial charge in [0.1, 0.15) is 0 Å². The van der Waals surface area contributed by atoms with Gasteiger partial charge in [-0.15, -0.1) is 22.7 Å². The minimum atomic E-state index is -0.265. The van der Waals surface area contributed by atoms with Crippen LogP contribution in [0.3, 0.4) is 0 Å². The highest BCUT2D eigenvalue weighted by molar-refractivity contribution is 7.16. The third kappa shape index (κ3) is 4.10. The monoisotopic (exact) mass is 356 g/mol. The van der Waals surface area contributed by atoms with Crippen LogP contribution in [0.5, 0.6) is 0 Å². The summed E-state index contributed by atoms with van der Waals surface area (Å²) in [7, 11) is 0. The average molecular weight is 356 g/mol. The molecule has 0 spiro atoms. The summed E-state index contributed by atoms with van der Waals surface area (Å²) in [5, 5.41) is 7.47. The van der Waals surface area contributed by atoms with Crippen molar-refractivity contribution in [1.29, 1.82) is 0 Å². The maximum atomic E-state index is 12.2. The third-order valence-corrected chi connectivity index (χ3v) is 5.32. The Hall–Kier alpha value is -2.44. The topological polar surface area (TPSA) is 58.2 Å². The molecule has 0 saturated carbocycles. The van der Waals surface area contributed by atoms with Crippen molar-refractivity contribution < 1.29 is 9.59 Å². The van der Waals surface area contributed by atoms with Gasteiger partial charge in [-0.3, -0.25) is 4.79 Å². The van der Waals surface area contributed by atoms with Crippen LogP contribution >= 0.6 is 22.7 Å². The van der Waals surface area contributed by atoms with Gasteiger partial charge in [-0.25, -0.2) is 4.79 Å². The number of rotatable bonds is 5. The highest BCUT2D eigenvalue weighted by atomic mass is 32.1. The van der Waals surface area contributed by atoms with E-state index in [0.717, 1.165) is 21.0 Å². The highest BCUT2D eigenvalue weighted by Crippen LogP contribution is 2.22. The SMILES string of the molecule is Cc1ccc(NC(=O)NCc2ccc(C(=O)c3cccs3)s2)cc1. The van der Waals surface area contributed by atoms with E-state index in [9.17, 15) is 9.59 Å². The van der Waals surface area contributed by atoms with Crippen molar-refractivity contribution in [3.63, 3.8) is 0 Å². The first-order chi connectivity index (χ1) is 11.6. The number of carbonyl (C=O) groups excluding carboxylic acids is 2. The first kappa shape index (κ1) is 16.4. The summed E-state index contributed by atoms with van der Waals surface area (Å²) in [6.45, 7) is 2.38. The number of aryl methyl sites for hydroxylation is 1. The zero-order chi connectivity index (χ0) is 16.9. The van der Waals surface area contributed by atoms with E-state index in [1.54, 1.807) is 0 Å². The lowest BCUT2D eigenvalue weighted by molar-refractivity contribution is 0.104. The minimum absolute atomic E-state index is 0.0327. The summed E-state index contributed by atoms with van der Waals surface area (Å²) in [4.78, 5) is 26.5. The molecule has 0 aliphatic carbocycles. The van der Waals surface area contributed by atoms with Gasteiger partial charge in [0.25, 0.3) is 0 Å². The van der Waals surface area contributed by atoms with E-state index in [2.05, 4.69) is 10.6 Å². The molecule has 0 atom stereocenters. The zero-order valence-corrected chi connectivity index (χ0v) is 14.7. The quantitative estimate of drug-likeness (QED) is 0.653. The zero-order valence-electron chi connectivity index (χ0n) is 13.0. The number of carbonyl (C=O) groups is 2. The van der Waals surface area contributed by atoms with Crippen LogP contribution in [-0.4, -0.2) is 11.8 Å². The van der Waals surface area contributed by atoms with E-state index in [4.69, 9.17) is 0 Å². The summed E-state index contributed by atoms with van der Waals surface area (Å²) in [5.74, 6) is 0.0327. The normalized spacial score (nSPS) is 10.4. The second-order valence-corrected chi connectivity index (χ2v) is 7.36. The second kappa shape index (κ2) is 7.42. The minimum Gasteiger partial charge on any atom is -0.333 e. The molecule has 122 valence electrons. The lowest BCUT2D eigenvalue weighted by atomic mass is 10.2. The van der Waals surface area contributed by atoms with Gasteiger partial charge in [-0.1, -0.05) is 23.8 Å². The van der Waals surface area contributed by atoms with Crippen molar-refractivity contribution in [3.8, 4) is 0 Å². The Morgan fingerprint density at radius 3 is 2.50 bits per heavy atom. The van der Waals surface area contributed by atoms with Crippen LogP contribution in [0.25, 0.3) is 0 Å². The van der Waals surface area contributed by atoms with Crippen molar-refractivity contribution in [2.75, 3.05) is 5.32 Å². The average Bonchev–Trinajstić information content (AvgIpc) is 3.26. The van der Waals surface area contributed by atoms with Gasteiger partial charge in [0, 0.05) is 10.6 Å². The van der Waals surface area contributed by atoms with Crippen molar-refractivity contribution in [1.82, 2.24) is 5.32 Å². The highest BCUT2D eigenvalue weighted by Gasteiger charge is 2.13. The van der Waals surface area contributed by atoms with Gasteiger partial charge in [-0.2, -0.15) is 0 Å². The Labute approximate surface area is 148 Å². The summed E-state index contributed by atoms with van der Waals surface area (Å²) in [6.07, 6.45) is 0. The Kier molecular flexibility index (Phi) is 5.08. The fourth-order valence-electron chi connectivity index (χ4n) is 2.10. The molecule has 0 bridgehead atoms. The summed E-state index contributed by atoms with van der Waals surface area (Å²) < 4.78 is 0. The maximum Gasteiger partial charge on any atom is 0.319 e.